The van der Waals surface area contributed by atoms with Gasteiger partial charge in [0.25, 0.3) is 0 Å². The van der Waals surface area contributed by atoms with Crippen molar-refractivity contribution in [3.8, 4) is 5.88 Å². The summed E-state index contributed by atoms with van der Waals surface area (Å²) in [5.74, 6) is 0.316. The predicted octanol–water partition coefficient (Wildman–Crippen LogP) is 4.16. The minimum Gasteiger partial charge on any atom is -0.481 e. The highest BCUT2D eigenvalue weighted by atomic mass is 79.9. The van der Waals surface area contributed by atoms with E-state index >= 15 is 0 Å². The Labute approximate surface area is 119 Å². The molecule has 0 amide bonds. The van der Waals surface area contributed by atoms with Crippen LogP contribution in [0.3, 0.4) is 0 Å². The number of anilines is 1. The minimum absolute atomic E-state index is 0.160. The Morgan fingerprint density at radius 3 is 2.74 bits per heavy atom. The highest BCUT2D eigenvalue weighted by Gasteiger charge is 2.11. The summed E-state index contributed by atoms with van der Waals surface area (Å²) in [6.45, 7) is 1.90. The summed E-state index contributed by atoms with van der Waals surface area (Å²) in [6, 6.07) is 8.34. The summed E-state index contributed by atoms with van der Waals surface area (Å²) in [5, 5.41) is 3.20. The van der Waals surface area contributed by atoms with Crippen molar-refractivity contribution in [1.82, 2.24) is 4.98 Å². The maximum atomic E-state index is 13.7. The van der Waals surface area contributed by atoms with E-state index in [1.54, 1.807) is 31.5 Å². The number of pyridine rings is 1. The number of halogens is 2. The number of methoxy groups -OCH3 is 1. The molecular weight excluding hydrogens is 311 g/mol. The third-order valence-electron chi connectivity index (χ3n) is 2.75. The Morgan fingerprint density at radius 1 is 1.32 bits per heavy atom. The molecule has 0 saturated carbocycles. The lowest BCUT2D eigenvalue weighted by Crippen LogP contribution is -2.08. The van der Waals surface area contributed by atoms with E-state index in [4.69, 9.17) is 4.74 Å². The van der Waals surface area contributed by atoms with Gasteiger partial charge in [0, 0.05) is 16.1 Å². The van der Waals surface area contributed by atoms with Crippen molar-refractivity contribution in [1.29, 1.82) is 0 Å². The van der Waals surface area contributed by atoms with Gasteiger partial charge in [0.15, 0.2) is 0 Å². The van der Waals surface area contributed by atoms with Crippen LogP contribution in [0.2, 0.25) is 0 Å². The largest absolute Gasteiger partial charge is 0.481 e. The van der Waals surface area contributed by atoms with Gasteiger partial charge in [-0.2, -0.15) is 0 Å². The summed E-state index contributed by atoms with van der Waals surface area (Å²) >= 11 is 3.35. The van der Waals surface area contributed by atoms with Gasteiger partial charge in [-0.05, 0) is 31.2 Å². The van der Waals surface area contributed by atoms with Crippen LogP contribution in [0.15, 0.2) is 41.0 Å². The summed E-state index contributed by atoms with van der Waals surface area (Å²) in [7, 11) is 1.56. The Hall–Kier alpha value is -1.62. The monoisotopic (exact) mass is 324 g/mol. The molecular formula is C14H14BrFN2O. The second-order valence-corrected chi connectivity index (χ2v) is 5.04. The van der Waals surface area contributed by atoms with Crippen molar-refractivity contribution >= 4 is 21.6 Å². The lowest BCUT2D eigenvalue weighted by molar-refractivity contribution is 0.398. The molecule has 1 aromatic heterocycles. The molecule has 19 heavy (non-hydrogen) atoms. The fraction of sp³-hybridized carbons (Fsp3) is 0.214. The Bertz CT molecular complexity index is 560. The van der Waals surface area contributed by atoms with Crippen LogP contribution in [-0.2, 0) is 0 Å². The van der Waals surface area contributed by atoms with Gasteiger partial charge in [-0.3, -0.25) is 0 Å². The van der Waals surface area contributed by atoms with Gasteiger partial charge in [0.2, 0.25) is 5.88 Å². The Kier molecular flexibility index (Phi) is 4.37. The number of benzene rings is 1. The molecule has 0 saturated heterocycles. The molecule has 2 rings (SSSR count). The van der Waals surface area contributed by atoms with Gasteiger partial charge in [-0.1, -0.05) is 15.9 Å². The van der Waals surface area contributed by atoms with Crippen molar-refractivity contribution < 1.29 is 9.13 Å². The molecule has 1 N–H and O–H groups in total. The van der Waals surface area contributed by atoms with E-state index in [2.05, 4.69) is 26.2 Å². The number of aromatic nitrogens is 1. The molecule has 1 atom stereocenters. The number of nitrogens with one attached hydrogen (secondary N) is 1. The molecule has 3 nitrogen and oxygen atoms in total. The van der Waals surface area contributed by atoms with Gasteiger partial charge in [0.05, 0.1) is 25.0 Å². The van der Waals surface area contributed by atoms with Crippen LogP contribution >= 0.6 is 15.9 Å². The van der Waals surface area contributed by atoms with E-state index in [9.17, 15) is 4.39 Å². The molecule has 0 aliphatic heterocycles. The van der Waals surface area contributed by atoms with E-state index in [-0.39, 0.29) is 11.9 Å². The molecule has 5 heteroatoms. The zero-order valence-electron chi connectivity index (χ0n) is 10.7. The average Bonchev–Trinajstić information content (AvgIpc) is 2.42. The van der Waals surface area contributed by atoms with Crippen molar-refractivity contribution in [3.05, 3.63) is 52.4 Å². The first-order valence-electron chi connectivity index (χ1n) is 5.81. The Morgan fingerprint density at radius 2 is 2.11 bits per heavy atom. The number of nitrogens with zero attached hydrogens (tertiary/aromatic N) is 1. The van der Waals surface area contributed by atoms with Gasteiger partial charge in [0.1, 0.15) is 5.82 Å². The average molecular weight is 325 g/mol. The van der Waals surface area contributed by atoms with Crippen LogP contribution in [0, 0.1) is 5.82 Å². The molecule has 0 fully saturated rings. The molecule has 0 bridgehead atoms. The quantitative estimate of drug-likeness (QED) is 0.916. The zero-order chi connectivity index (χ0) is 13.8. The number of hydrogen-bond donors (Lipinski definition) is 1. The molecule has 0 aliphatic carbocycles. The highest BCUT2D eigenvalue weighted by Crippen LogP contribution is 2.25. The molecule has 100 valence electrons. The van der Waals surface area contributed by atoms with E-state index in [1.807, 2.05) is 13.0 Å². The standard InChI is InChI=1S/C14H14BrFN2O/c1-9(12-7-10(15)3-5-13(12)16)18-11-4-6-14(19-2)17-8-11/h3-9,18H,1-2H3. The first-order chi connectivity index (χ1) is 9.10. The van der Waals surface area contributed by atoms with Crippen LogP contribution in [0.4, 0.5) is 10.1 Å². The van der Waals surface area contributed by atoms with Crippen molar-refractivity contribution in [3.63, 3.8) is 0 Å². The van der Waals surface area contributed by atoms with Gasteiger partial charge in [-0.15, -0.1) is 0 Å². The molecule has 1 unspecified atom stereocenters. The fourth-order valence-electron chi connectivity index (χ4n) is 1.76. The van der Waals surface area contributed by atoms with E-state index < -0.39 is 0 Å². The van der Waals surface area contributed by atoms with Crippen LogP contribution in [0.5, 0.6) is 5.88 Å². The molecule has 0 aliphatic rings. The second-order valence-electron chi connectivity index (χ2n) is 4.12. The third kappa shape index (κ3) is 3.44. The summed E-state index contributed by atoms with van der Waals surface area (Å²) in [4.78, 5) is 4.10. The van der Waals surface area contributed by atoms with Crippen LogP contribution in [-0.4, -0.2) is 12.1 Å². The van der Waals surface area contributed by atoms with Crippen LogP contribution in [0.25, 0.3) is 0 Å². The lowest BCUT2D eigenvalue weighted by Gasteiger charge is -2.16. The Balaban J connectivity index is 2.15. The molecule has 0 radical (unpaired) electrons. The first-order valence-corrected chi connectivity index (χ1v) is 6.61. The second kappa shape index (κ2) is 6.02. The van der Waals surface area contributed by atoms with Crippen LogP contribution in [0.1, 0.15) is 18.5 Å². The molecule has 0 spiro atoms. The topological polar surface area (TPSA) is 34.1 Å². The van der Waals surface area contributed by atoms with Crippen molar-refractivity contribution in [2.75, 3.05) is 12.4 Å². The van der Waals surface area contributed by atoms with Crippen molar-refractivity contribution in [2.45, 2.75) is 13.0 Å². The summed E-state index contributed by atoms with van der Waals surface area (Å²) < 4.78 is 19.6. The normalized spacial score (nSPS) is 12.0. The molecule has 1 heterocycles. The minimum atomic E-state index is -0.232. The zero-order valence-corrected chi connectivity index (χ0v) is 12.2. The maximum Gasteiger partial charge on any atom is 0.213 e. The van der Waals surface area contributed by atoms with E-state index in [0.717, 1.165) is 10.2 Å². The fourth-order valence-corrected chi connectivity index (χ4v) is 2.14. The maximum absolute atomic E-state index is 13.7. The van der Waals surface area contributed by atoms with Gasteiger partial charge in [-0.25, -0.2) is 9.37 Å². The van der Waals surface area contributed by atoms with Crippen molar-refractivity contribution in [2.24, 2.45) is 0 Å². The highest BCUT2D eigenvalue weighted by molar-refractivity contribution is 9.10. The van der Waals surface area contributed by atoms with Gasteiger partial charge < -0.3 is 10.1 Å². The number of hydrogen-bond acceptors (Lipinski definition) is 3. The SMILES string of the molecule is COc1ccc(NC(C)c2cc(Br)ccc2F)cn1. The smallest absolute Gasteiger partial charge is 0.213 e. The number of rotatable bonds is 4. The summed E-state index contributed by atoms with van der Waals surface area (Å²) in [6.07, 6.45) is 1.66. The number of ether oxygens (including phenoxy) is 1. The lowest BCUT2D eigenvalue weighted by atomic mass is 10.1. The summed E-state index contributed by atoms with van der Waals surface area (Å²) in [5.41, 5.74) is 1.41. The molecule has 2 aromatic rings. The molecule has 1 aromatic carbocycles. The van der Waals surface area contributed by atoms with E-state index in [1.165, 1.54) is 6.07 Å². The third-order valence-corrected chi connectivity index (χ3v) is 3.25. The van der Waals surface area contributed by atoms with Crippen LogP contribution < -0.4 is 10.1 Å². The predicted molar refractivity (Wildman–Crippen MR) is 76.9 cm³/mol. The van der Waals surface area contributed by atoms with Gasteiger partial charge >= 0.3 is 0 Å². The first kappa shape index (κ1) is 13.8. The van der Waals surface area contributed by atoms with E-state index in [0.29, 0.717) is 11.4 Å².